The summed E-state index contributed by atoms with van der Waals surface area (Å²) >= 11 is 5.95. The summed E-state index contributed by atoms with van der Waals surface area (Å²) in [5.41, 5.74) is 2.05. The van der Waals surface area contributed by atoms with E-state index in [4.69, 9.17) is 16.3 Å². The van der Waals surface area contributed by atoms with Gasteiger partial charge in [0.2, 0.25) is 0 Å². The highest BCUT2D eigenvalue weighted by atomic mass is 35.5. The Bertz CT molecular complexity index is 566. The minimum atomic E-state index is -0.193. The molecule has 0 bridgehead atoms. The van der Waals surface area contributed by atoms with E-state index in [1.807, 2.05) is 61.5 Å². The number of hydrogen-bond acceptors (Lipinski definition) is 2. The Kier molecular flexibility index (Phi) is 5.19. The highest BCUT2D eigenvalue weighted by Gasteiger charge is 2.12. The predicted octanol–water partition coefficient (Wildman–Crippen LogP) is 4.58. The monoisotopic (exact) mass is 288 g/mol. The topological polar surface area (TPSA) is 26.3 Å². The van der Waals surface area contributed by atoms with Crippen LogP contribution in [0.25, 0.3) is 0 Å². The number of benzene rings is 2. The minimum absolute atomic E-state index is 0.0944. The van der Waals surface area contributed by atoms with E-state index in [-0.39, 0.29) is 11.9 Å². The molecule has 0 amide bonds. The predicted molar refractivity (Wildman–Crippen MR) is 80.7 cm³/mol. The van der Waals surface area contributed by atoms with E-state index in [2.05, 4.69) is 0 Å². The summed E-state index contributed by atoms with van der Waals surface area (Å²) in [5, 5.41) is 0.687. The smallest absolute Gasteiger partial charge is 0.306 e. The van der Waals surface area contributed by atoms with E-state index in [1.54, 1.807) is 0 Å². The van der Waals surface area contributed by atoms with Crippen molar-refractivity contribution in [2.24, 2.45) is 0 Å². The third-order valence-electron chi connectivity index (χ3n) is 3.13. The highest BCUT2D eigenvalue weighted by Crippen LogP contribution is 2.22. The molecule has 0 aromatic heterocycles. The van der Waals surface area contributed by atoms with Crippen molar-refractivity contribution < 1.29 is 9.53 Å². The van der Waals surface area contributed by atoms with Gasteiger partial charge in [0, 0.05) is 5.02 Å². The number of rotatable bonds is 5. The molecule has 2 aromatic carbocycles. The second-order valence-corrected chi connectivity index (χ2v) is 5.24. The molecule has 2 aromatic rings. The molecule has 0 aliphatic heterocycles. The summed E-state index contributed by atoms with van der Waals surface area (Å²) < 4.78 is 5.28. The SMILES string of the molecule is C[C@H](CC(=O)OCc1ccccc1)c1cccc(Cl)c1. The van der Waals surface area contributed by atoms with Crippen LogP contribution in [-0.2, 0) is 16.1 Å². The van der Waals surface area contributed by atoms with Crippen molar-refractivity contribution in [2.45, 2.75) is 25.9 Å². The van der Waals surface area contributed by atoms with Gasteiger partial charge in [-0.2, -0.15) is 0 Å². The highest BCUT2D eigenvalue weighted by molar-refractivity contribution is 6.30. The molecule has 0 aliphatic rings. The number of ether oxygens (including phenoxy) is 1. The molecule has 3 heteroatoms. The van der Waals surface area contributed by atoms with Crippen LogP contribution in [0.2, 0.25) is 5.02 Å². The maximum atomic E-state index is 11.8. The maximum absolute atomic E-state index is 11.8. The van der Waals surface area contributed by atoms with Gasteiger partial charge in [0.1, 0.15) is 6.61 Å². The van der Waals surface area contributed by atoms with Crippen molar-refractivity contribution in [2.75, 3.05) is 0 Å². The lowest BCUT2D eigenvalue weighted by atomic mass is 9.98. The van der Waals surface area contributed by atoms with E-state index < -0.39 is 0 Å². The molecule has 0 heterocycles. The van der Waals surface area contributed by atoms with E-state index >= 15 is 0 Å². The first-order valence-corrected chi connectivity index (χ1v) is 6.98. The third kappa shape index (κ3) is 4.39. The lowest BCUT2D eigenvalue weighted by molar-refractivity contribution is -0.145. The normalized spacial score (nSPS) is 11.9. The zero-order valence-corrected chi connectivity index (χ0v) is 12.1. The standard InChI is InChI=1S/C17H17ClO2/c1-13(15-8-5-9-16(18)11-15)10-17(19)20-12-14-6-3-2-4-7-14/h2-9,11,13H,10,12H2,1H3/t13-/m1/s1. The first kappa shape index (κ1) is 14.6. The van der Waals surface area contributed by atoms with Gasteiger partial charge in [-0.3, -0.25) is 4.79 Å². The minimum Gasteiger partial charge on any atom is -0.461 e. The maximum Gasteiger partial charge on any atom is 0.306 e. The largest absolute Gasteiger partial charge is 0.461 e. The van der Waals surface area contributed by atoms with Crippen molar-refractivity contribution >= 4 is 17.6 Å². The number of esters is 1. The van der Waals surface area contributed by atoms with Crippen LogP contribution in [0.3, 0.4) is 0 Å². The van der Waals surface area contributed by atoms with Gasteiger partial charge in [-0.15, -0.1) is 0 Å². The van der Waals surface area contributed by atoms with Gasteiger partial charge in [0.15, 0.2) is 0 Å². The molecule has 2 nitrogen and oxygen atoms in total. The fourth-order valence-electron chi connectivity index (χ4n) is 1.98. The van der Waals surface area contributed by atoms with Crippen molar-refractivity contribution in [3.8, 4) is 0 Å². The zero-order chi connectivity index (χ0) is 14.4. The molecule has 0 radical (unpaired) electrons. The lowest BCUT2D eigenvalue weighted by Crippen LogP contribution is -2.08. The second-order valence-electron chi connectivity index (χ2n) is 4.81. The molecule has 0 spiro atoms. The Morgan fingerprint density at radius 1 is 1.15 bits per heavy atom. The van der Waals surface area contributed by atoms with Gasteiger partial charge in [-0.25, -0.2) is 0 Å². The first-order chi connectivity index (χ1) is 9.65. The number of carbonyl (C=O) groups is 1. The molecule has 0 aliphatic carbocycles. The van der Waals surface area contributed by atoms with Crippen molar-refractivity contribution in [3.05, 3.63) is 70.7 Å². The Labute approximate surface area is 124 Å². The zero-order valence-electron chi connectivity index (χ0n) is 11.4. The van der Waals surface area contributed by atoms with Crippen LogP contribution in [0, 0.1) is 0 Å². The Morgan fingerprint density at radius 3 is 2.60 bits per heavy atom. The Balaban J connectivity index is 1.85. The van der Waals surface area contributed by atoms with Gasteiger partial charge < -0.3 is 4.74 Å². The van der Waals surface area contributed by atoms with Gasteiger partial charge >= 0.3 is 5.97 Å². The fourth-order valence-corrected chi connectivity index (χ4v) is 2.18. The molecular weight excluding hydrogens is 272 g/mol. The average molecular weight is 289 g/mol. The fraction of sp³-hybridized carbons (Fsp3) is 0.235. The number of halogens is 1. The lowest BCUT2D eigenvalue weighted by Gasteiger charge is -2.12. The molecule has 0 fully saturated rings. The van der Waals surface area contributed by atoms with E-state index in [1.165, 1.54) is 0 Å². The van der Waals surface area contributed by atoms with Gasteiger partial charge in [0.05, 0.1) is 6.42 Å². The second kappa shape index (κ2) is 7.11. The van der Waals surface area contributed by atoms with Crippen LogP contribution in [0.15, 0.2) is 54.6 Å². The summed E-state index contributed by atoms with van der Waals surface area (Å²) in [6, 6.07) is 17.2. The summed E-state index contributed by atoms with van der Waals surface area (Å²) in [4.78, 5) is 11.8. The van der Waals surface area contributed by atoms with E-state index in [0.717, 1.165) is 11.1 Å². The summed E-state index contributed by atoms with van der Waals surface area (Å²) in [7, 11) is 0. The molecule has 0 saturated heterocycles. The molecule has 0 N–H and O–H groups in total. The van der Waals surface area contributed by atoms with Crippen molar-refractivity contribution in [1.29, 1.82) is 0 Å². The van der Waals surface area contributed by atoms with Crippen LogP contribution in [0.5, 0.6) is 0 Å². The molecule has 20 heavy (non-hydrogen) atoms. The van der Waals surface area contributed by atoms with Crippen LogP contribution in [0.4, 0.5) is 0 Å². The molecule has 2 rings (SSSR count). The summed E-state index contributed by atoms with van der Waals surface area (Å²) in [6.45, 7) is 2.32. The Hall–Kier alpha value is -1.80. The quantitative estimate of drug-likeness (QED) is 0.753. The number of carbonyl (C=O) groups excluding carboxylic acids is 1. The molecule has 1 atom stereocenters. The van der Waals surface area contributed by atoms with Crippen LogP contribution < -0.4 is 0 Å². The summed E-state index contributed by atoms with van der Waals surface area (Å²) in [6.07, 6.45) is 0.354. The van der Waals surface area contributed by atoms with Crippen LogP contribution in [0.1, 0.15) is 30.4 Å². The Morgan fingerprint density at radius 2 is 1.90 bits per heavy atom. The van der Waals surface area contributed by atoms with Gasteiger partial charge in [-0.05, 0) is 29.2 Å². The average Bonchev–Trinajstić information content (AvgIpc) is 2.46. The van der Waals surface area contributed by atoms with E-state index in [9.17, 15) is 4.79 Å². The molecular formula is C17H17ClO2. The van der Waals surface area contributed by atoms with Gasteiger partial charge in [-0.1, -0.05) is 61.0 Å². The van der Waals surface area contributed by atoms with Crippen LogP contribution >= 0.6 is 11.6 Å². The van der Waals surface area contributed by atoms with Crippen LogP contribution in [-0.4, -0.2) is 5.97 Å². The molecule has 0 saturated carbocycles. The van der Waals surface area contributed by atoms with Crippen molar-refractivity contribution in [3.63, 3.8) is 0 Å². The first-order valence-electron chi connectivity index (χ1n) is 6.60. The molecule has 104 valence electrons. The van der Waals surface area contributed by atoms with E-state index in [0.29, 0.717) is 18.1 Å². The van der Waals surface area contributed by atoms with Crippen molar-refractivity contribution in [1.82, 2.24) is 0 Å². The van der Waals surface area contributed by atoms with Gasteiger partial charge in [0.25, 0.3) is 0 Å². The molecule has 0 unspecified atom stereocenters. The summed E-state index contributed by atoms with van der Waals surface area (Å²) in [5.74, 6) is -0.0988. The third-order valence-corrected chi connectivity index (χ3v) is 3.37. The number of hydrogen-bond donors (Lipinski definition) is 0.